The van der Waals surface area contributed by atoms with Gasteiger partial charge in [-0.05, 0) is 33.8 Å². The normalized spacial score (nSPS) is 15.5. The van der Waals surface area contributed by atoms with E-state index in [9.17, 15) is 10.2 Å². The quantitative estimate of drug-likeness (QED) is 0.485. The highest BCUT2D eigenvalue weighted by Crippen LogP contribution is 2.40. The maximum absolute atomic E-state index is 10.4. The van der Waals surface area contributed by atoms with Crippen LogP contribution in [0.5, 0.6) is 0 Å². The van der Waals surface area contributed by atoms with Crippen molar-refractivity contribution in [2.24, 2.45) is 21.7 Å². The van der Waals surface area contributed by atoms with Crippen LogP contribution in [0.3, 0.4) is 0 Å². The Morgan fingerprint density at radius 2 is 0.731 bits per heavy atom. The van der Waals surface area contributed by atoms with Crippen molar-refractivity contribution in [2.75, 3.05) is 0 Å². The number of allylic oxidation sites excluding steroid dienone is 2. The molecule has 0 aromatic heterocycles. The van der Waals surface area contributed by atoms with Crippen LogP contribution in [0.2, 0.25) is 0 Å². The molecular formula is C24H42O2. The molecule has 0 aromatic rings. The van der Waals surface area contributed by atoms with Crippen molar-refractivity contribution in [3.63, 3.8) is 0 Å². The standard InChI is InChI=1S/C24H42O2/c1-21(2,3)19(22(4,5)6)15-17(25)13-14-18(26)16-20(23(7,8)9)24(10,11)12/h15-18,25-26H,1-12H3. The summed E-state index contributed by atoms with van der Waals surface area (Å²) in [6, 6.07) is 0. The summed E-state index contributed by atoms with van der Waals surface area (Å²) in [7, 11) is 0. The first-order valence-corrected chi connectivity index (χ1v) is 9.59. The van der Waals surface area contributed by atoms with Gasteiger partial charge >= 0.3 is 0 Å². The van der Waals surface area contributed by atoms with Crippen molar-refractivity contribution in [1.29, 1.82) is 0 Å². The number of hydrogen-bond acceptors (Lipinski definition) is 2. The van der Waals surface area contributed by atoms with Crippen LogP contribution >= 0.6 is 0 Å². The first-order chi connectivity index (χ1) is 11.3. The third-order valence-electron chi connectivity index (χ3n) is 4.26. The molecule has 150 valence electrons. The minimum Gasteiger partial charge on any atom is -0.377 e. The molecule has 0 fully saturated rings. The highest BCUT2D eigenvalue weighted by Gasteiger charge is 2.29. The topological polar surface area (TPSA) is 40.5 Å². The molecule has 0 aliphatic heterocycles. The Kier molecular flexibility index (Phi) is 7.99. The van der Waals surface area contributed by atoms with Crippen LogP contribution in [-0.4, -0.2) is 22.4 Å². The van der Waals surface area contributed by atoms with Gasteiger partial charge in [-0.25, -0.2) is 0 Å². The molecule has 0 radical (unpaired) electrons. The number of aliphatic hydroxyl groups excluding tert-OH is 2. The third-order valence-corrected chi connectivity index (χ3v) is 4.26. The van der Waals surface area contributed by atoms with E-state index in [1.807, 2.05) is 12.2 Å². The highest BCUT2D eigenvalue weighted by molar-refractivity contribution is 5.28. The molecule has 0 saturated carbocycles. The molecular weight excluding hydrogens is 320 g/mol. The summed E-state index contributed by atoms with van der Waals surface area (Å²) in [4.78, 5) is 0. The molecule has 2 N–H and O–H groups in total. The van der Waals surface area contributed by atoms with Gasteiger partial charge in [0.15, 0.2) is 0 Å². The molecule has 0 aromatic carbocycles. The maximum Gasteiger partial charge on any atom is 0.133 e. The van der Waals surface area contributed by atoms with Crippen molar-refractivity contribution in [2.45, 2.75) is 95.3 Å². The number of rotatable bonds is 2. The number of hydrogen-bond donors (Lipinski definition) is 2. The summed E-state index contributed by atoms with van der Waals surface area (Å²) in [5, 5.41) is 20.7. The van der Waals surface area contributed by atoms with Crippen molar-refractivity contribution in [3.05, 3.63) is 23.3 Å². The molecule has 0 heterocycles. The lowest BCUT2D eigenvalue weighted by atomic mass is 9.71. The van der Waals surface area contributed by atoms with E-state index < -0.39 is 12.2 Å². The van der Waals surface area contributed by atoms with Crippen LogP contribution in [0, 0.1) is 33.5 Å². The van der Waals surface area contributed by atoms with Crippen LogP contribution in [0.1, 0.15) is 83.1 Å². The summed E-state index contributed by atoms with van der Waals surface area (Å²) in [6.45, 7) is 25.7. The van der Waals surface area contributed by atoms with Crippen LogP contribution in [0.15, 0.2) is 23.3 Å². The summed E-state index contributed by atoms with van der Waals surface area (Å²) in [5.74, 6) is 5.60. The summed E-state index contributed by atoms with van der Waals surface area (Å²) < 4.78 is 0. The zero-order chi connectivity index (χ0) is 21.1. The van der Waals surface area contributed by atoms with Crippen LogP contribution < -0.4 is 0 Å². The van der Waals surface area contributed by atoms with Gasteiger partial charge in [-0.2, -0.15) is 0 Å². The van der Waals surface area contributed by atoms with Crippen LogP contribution in [0.25, 0.3) is 0 Å². The molecule has 2 atom stereocenters. The fourth-order valence-corrected chi connectivity index (χ4v) is 3.82. The second-order valence-corrected chi connectivity index (χ2v) is 11.3. The first-order valence-electron chi connectivity index (χ1n) is 9.59. The van der Waals surface area contributed by atoms with E-state index in [1.165, 1.54) is 0 Å². The molecule has 0 rings (SSSR count). The summed E-state index contributed by atoms with van der Waals surface area (Å²) in [6.07, 6.45) is 1.88. The van der Waals surface area contributed by atoms with Gasteiger partial charge in [-0.15, -0.1) is 0 Å². The Morgan fingerprint density at radius 3 is 0.885 bits per heavy atom. The smallest absolute Gasteiger partial charge is 0.133 e. The molecule has 0 bridgehead atoms. The van der Waals surface area contributed by atoms with E-state index in [0.29, 0.717) is 0 Å². The van der Waals surface area contributed by atoms with Gasteiger partial charge in [0.05, 0.1) is 0 Å². The highest BCUT2D eigenvalue weighted by atomic mass is 16.3. The largest absolute Gasteiger partial charge is 0.377 e. The molecule has 0 saturated heterocycles. The lowest BCUT2D eigenvalue weighted by molar-refractivity contribution is 0.259. The van der Waals surface area contributed by atoms with E-state index in [0.717, 1.165) is 11.1 Å². The molecule has 0 spiro atoms. The van der Waals surface area contributed by atoms with Crippen molar-refractivity contribution in [1.82, 2.24) is 0 Å². The first kappa shape index (κ1) is 25.0. The lowest BCUT2D eigenvalue weighted by Gasteiger charge is -2.34. The molecule has 0 amide bonds. The molecule has 26 heavy (non-hydrogen) atoms. The predicted molar refractivity (Wildman–Crippen MR) is 114 cm³/mol. The van der Waals surface area contributed by atoms with Crippen molar-refractivity contribution in [3.8, 4) is 11.8 Å². The van der Waals surface area contributed by atoms with Crippen molar-refractivity contribution < 1.29 is 10.2 Å². The van der Waals surface area contributed by atoms with Crippen molar-refractivity contribution >= 4 is 0 Å². The zero-order valence-electron chi connectivity index (χ0n) is 19.2. The van der Waals surface area contributed by atoms with Gasteiger partial charge in [0.25, 0.3) is 0 Å². The van der Waals surface area contributed by atoms with Crippen LogP contribution in [0.4, 0.5) is 0 Å². The van der Waals surface area contributed by atoms with Gasteiger partial charge in [0, 0.05) is 0 Å². The average Bonchev–Trinajstić information content (AvgIpc) is 2.34. The monoisotopic (exact) mass is 362 g/mol. The second kappa shape index (κ2) is 8.32. The predicted octanol–water partition coefficient (Wildman–Crippen LogP) is 5.75. The second-order valence-electron chi connectivity index (χ2n) is 11.3. The van der Waals surface area contributed by atoms with E-state index in [1.54, 1.807) is 0 Å². The Morgan fingerprint density at radius 1 is 0.538 bits per heavy atom. The molecule has 2 nitrogen and oxygen atoms in total. The van der Waals surface area contributed by atoms with Crippen LogP contribution in [-0.2, 0) is 0 Å². The molecule has 0 aliphatic rings. The Bertz CT molecular complexity index is 498. The zero-order valence-corrected chi connectivity index (χ0v) is 19.2. The fourth-order valence-electron chi connectivity index (χ4n) is 3.82. The van der Waals surface area contributed by atoms with Gasteiger partial charge in [-0.1, -0.05) is 106 Å². The van der Waals surface area contributed by atoms with E-state index in [2.05, 4.69) is 94.9 Å². The summed E-state index contributed by atoms with van der Waals surface area (Å²) >= 11 is 0. The number of aliphatic hydroxyl groups is 2. The molecule has 0 aliphatic carbocycles. The fraction of sp³-hybridized carbons (Fsp3) is 0.750. The summed E-state index contributed by atoms with van der Waals surface area (Å²) in [5.41, 5.74) is 2.11. The van der Waals surface area contributed by atoms with E-state index >= 15 is 0 Å². The van der Waals surface area contributed by atoms with E-state index in [-0.39, 0.29) is 21.7 Å². The van der Waals surface area contributed by atoms with Gasteiger partial charge < -0.3 is 10.2 Å². The Hall–Kier alpha value is -1.04. The maximum atomic E-state index is 10.4. The van der Waals surface area contributed by atoms with Gasteiger partial charge in [0.1, 0.15) is 12.2 Å². The van der Waals surface area contributed by atoms with Gasteiger partial charge in [-0.3, -0.25) is 0 Å². The third kappa shape index (κ3) is 8.56. The Labute approximate surface area is 162 Å². The molecule has 2 unspecified atom stereocenters. The minimum absolute atomic E-state index is 0.0505. The van der Waals surface area contributed by atoms with Gasteiger partial charge in [0.2, 0.25) is 0 Å². The van der Waals surface area contributed by atoms with E-state index in [4.69, 9.17) is 0 Å². The Balaban J connectivity index is 5.66. The average molecular weight is 363 g/mol. The lowest BCUT2D eigenvalue weighted by Crippen LogP contribution is -2.24. The molecule has 2 heteroatoms. The SMILES string of the molecule is CC(C)(C)C(=CC(O)C#CC(O)C=C(C(C)(C)C)C(C)(C)C)C(C)(C)C. The minimum atomic E-state index is -0.890.